The van der Waals surface area contributed by atoms with Gasteiger partial charge in [0.1, 0.15) is 0 Å². The number of hydrogen-bond donors (Lipinski definition) is 2. The van der Waals surface area contributed by atoms with E-state index in [-0.39, 0.29) is 30.8 Å². The van der Waals surface area contributed by atoms with Gasteiger partial charge in [-0.25, -0.2) is 0 Å². The van der Waals surface area contributed by atoms with E-state index in [1.807, 2.05) is 29.2 Å². The minimum atomic E-state index is -0.696. The molecule has 0 bridgehead atoms. The first-order chi connectivity index (χ1) is 11.0. The summed E-state index contributed by atoms with van der Waals surface area (Å²) < 4.78 is 0. The zero-order valence-electron chi connectivity index (χ0n) is 14.0. The SMILES string of the molecule is CCc1cccc(NC(=O)CN2C[C@@H]3CCC[C@@]3(C(=O)O)C2)c1.Cl. The number of aryl methyl sites for hydroxylation is 1. The summed E-state index contributed by atoms with van der Waals surface area (Å²) in [5, 5.41) is 12.5. The van der Waals surface area contributed by atoms with Crippen molar-refractivity contribution in [3.05, 3.63) is 29.8 Å². The van der Waals surface area contributed by atoms with Gasteiger partial charge in [0.25, 0.3) is 0 Å². The summed E-state index contributed by atoms with van der Waals surface area (Å²) in [5.74, 6) is -0.575. The van der Waals surface area contributed by atoms with Crippen LogP contribution in [-0.4, -0.2) is 41.5 Å². The molecule has 1 amide bonds. The molecular formula is C18H25ClN2O3. The molecule has 24 heavy (non-hydrogen) atoms. The van der Waals surface area contributed by atoms with Crippen molar-refractivity contribution in [2.75, 3.05) is 25.0 Å². The van der Waals surface area contributed by atoms with Gasteiger partial charge in [-0.05, 0) is 42.9 Å². The van der Waals surface area contributed by atoms with Gasteiger partial charge >= 0.3 is 5.97 Å². The molecule has 1 saturated heterocycles. The van der Waals surface area contributed by atoms with Gasteiger partial charge in [0.15, 0.2) is 0 Å². The number of nitrogens with zero attached hydrogens (tertiary/aromatic N) is 1. The van der Waals surface area contributed by atoms with E-state index in [4.69, 9.17) is 0 Å². The second-order valence-corrected chi connectivity index (χ2v) is 6.82. The van der Waals surface area contributed by atoms with Crippen molar-refractivity contribution in [2.24, 2.45) is 11.3 Å². The number of carbonyl (C=O) groups excluding carboxylic acids is 1. The van der Waals surface area contributed by atoms with Gasteiger partial charge < -0.3 is 10.4 Å². The molecular weight excluding hydrogens is 328 g/mol. The molecule has 0 unspecified atom stereocenters. The number of carbonyl (C=O) groups is 2. The number of carboxylic acids is 1. The van der Waals surface area contributed by atoms with Crippen molar-refractivity contribution in [3.63, 3.8) is 0 Å². The topological polar surface area (TPSA) is 69.6 Å². The van der Waals surface area contributed by atoms with E-state index in [0.717, 1.165) is 31.4 Å². The normalized spacial score (nSPS) is 25.8. The Balaban J connectivity index is 0.00000208. The smallest absolute Gasteiger partial charge is 0.311 e. The van der Waals surface area contributed by atoms with Crippen LogP contribution in [0.4, 0.5) is 5.69 Å². The van der Waals surface area contributed by atoms with E-state index >= 15 is 0 Å². The van der Waals surface area contributed by atoms with Gasteiger partial charge in [-0.15, -0.1) is 12.4 Å². The Morgan fingerprint density at radius 1 is 1.42 bits per heavy atom. The molecule has 0 aromatic heterocycles. The molecule has 0 spiro atoms. The molecule has 1 aliphatic heterocycles. The summed E-state index contributed by atoms with van der Waals surface area (Å²) in [4.78, 5) is 25.9. The number of aliphatic carboxylic acids is 1. The predicted molar refractivity (Wildman–Crippen MR) is 95.5 cm³/mol. The number of amides is 1. The quantitative estimate of drug-likeness (QED) is 0.855. The molecule has 2 aliphatic rings. The highest BCUT2D eigenvalue weighted by molar-refractivity contribution is 5.92. The highest BCUT2D eigenvalue weighted by Gasteiger charge is 2.54. The Morgan fingerprint density at radius 2 is 2.21 bits per heavy atom. The largest absolute Gasteiger partial charge is 0.481 e. The summed E-state index contributed by atoms with van der Waals surface area (Å²) in [7, 11) is 0. The Labute approximate surface area is 148 Å². The van der Waals surface area contributed by atoms with Crippen molar-refractivity contribution in [3.8, 4) is 0 Å². The predicted octanol–water partition coefficient (Wildman–Crippen LogP) is 2.80. The maximum atomic E-state index is 12.3. The molecule has 5 nitrogen and oxygen atoms in total. The fourth-order valence-corrected chi connectivity index (χ4v) is 4.14. The van der Waals surface area contributed by atoms with Crippen molar-refractivity contribution in [1.29, 1.82) is 0 Å². The van der Waals surface area contributed by atoms with E-state index in [1.165, 1.54) is 5.56 Å². The van der Waals surface area contributed by atoms with Crippen molar-refractivity contribution < 1.29 is 14.7 Å². The Morgan fingerprint density at radius 3 is 2.88 bits per heavy atom. The molecule has 6 heteroatoms. The van der Waals surface area contributed by atoms with Gasteiger partial charge in [0.2, 0.25) is 5.91 Å². The summed E-state index contributed by atoms with van der Waals surface area (Å²) in [6, 6.07) is 7.84. The van der Waals surface area contributed by atoms with Crippen LogP contribution in [0.15, 0.2) is 24.3 Å². The highest BCUT2D eigenvalue weighted by atomic mass is 35.5. The molecule has 1 aromatic rings. The van der Waals surface area contributed by atoms with Gasteiger partial charge in [-0.1, -0.05) is 25.5 Å². The number of halogens is 1. The molecule has 3 rings (SSSR count). The second kappa shape index (κ2) is 7.53. The number of likely N-dealkylation sites (tertiary alicyclic amines) is 1. The highest BCUT2D eigenvalue weighted by Crippen LogP contribution is 2.48. The molecule has 132 valence electrons. The first kappa shape index (κ1) is 18.7. The zero-order valence-corrected chi connectivity index (χ0v) is 14.8. The molecule has 2 atom stereocenters. The van der Waals surface area contributed by atoms with Crippen LogP contribution in [0.5, 0.6) is 0 Å². The van der Waals surface area contributed by atoms with Gasteiger partial charge in [-0.3, -0.25) is 14.5 Å². The van der Waals surface area contributed by atoms with Crippen LogP contribution in [0.1, 0.15) is 31.7 Å². The standard InChI is InChI=1S/C18H24N2O3.ClH/c1-2-13-5-3-7-15(9-13)19-16(21)11-20-10-14-6-4-8-18(14,12-20)17(22)23;/h3,5,7,9,14H,2,4,6,8,10-12H2,1H3,(H,19,21)(H,22,23);1H/t14-,18+;/m0./s1. The summed E-state index contributed by atoms with van der Waals surface area (Å²) in [5.41, 5.74) is 1.37. The van der Waals surface area contributed by atoms with Crippen LogP contribution >= 0.6 is 12.4 Å². The zero-order chi connectivity index (χ0) is 16.4. The van der Waals surface area contributed by atoms with Crippen LogP contribution in [0, 0.1) is 11.3 Å². The maximum absolute atomic E-state index is 12.3. The number of nitrogens with one attached hydrogen (secondary N) is 1. The Kier molecular flexibility index (Phi) is 5.88. The van der Waals surface area contributed by atoms with Crippen LogP contribution in [0.3, 0.4) is 0 Å². The summed E-state index contributed by atoms with van der Waals surface area (Å²) in [6.07, 6.45) is 3.62. The number of anilines is 1. The van der Waals surface area contributed by atoms with Crippen LogP contribution in [0.25, 0.3) is 0 Å². The molecule has 1 aromatic carbocycles. The summed E-state index contributed by atoms with van der Waals surface area (Å²) >= 11 is 0. The molecule has 0 radical (unpaired) electrons. The third-order valence-corrected chi connectivity index (χ3v) is 5.35. The van der Waals surface area contributed by atoms with E-state index < -0.39 is 11.4 Å². The van der Waals surface area contributed by atoms with Crippen LogP contribution < -0.4 is 5.32 Å². The first-order valence-corrected chi connectivity index (χ1v) is 8.38. The molecule has 2 N–H and O–H groups in total. The number of carboxylic acid groups (broad SMARTS) is 1. The fraction of sp³-hybridized carbons (Fsp3) is 0.556. The average Bonchev–Trinajstić information content (AvgIpc) is 3.05. The van der Waals surface area contributed by atoms with Crippen LogP contribution in [-0.2, 0) is 16.0 Å². The lowest BCUT2D eigenvalue weighted by atomic mass is 9.81. The lowest BCUT2D eigenvalue weighted by Crippen LogP contribution is -2.37. The Hall–Kier alpha value is -1.59. The van der Waals surface area contributed by atoms with E-state index in [9.17, 15) is 14.7 Å². The van der Waals surface area contributed by atoms with Gasteiger partial charge in [-0.2, -0.15) is 0 Å². The minimum Gasteiger partial charge on any atom is -0.481 e. The third kappa shape index (κ3) is 3.57. The number of fused-ring (bicyclic) bond motifs is 1. The lowest BCUT2D eigenvalue weighted by molar-refractivity contribution is -0.149. The van der Waals surface area contributed by atoms with E-state index in [0.29, 0.717) is 13.1 Å². The maximum Gasteiger partial charge on any atom is 0.311 e. The average molecular weight is 353 g/mol. The lowest BCUT2D eigenvalue weighted by Gasteiger charge is -2.23. The number of benzene rings is 1. The van der Waals surface area contributed by atoms with Crippen molar-refractivity contribution in [1.82, 2.24) is 4.90 Å². The third-order valence-electron chi connectivity index (χ3n) is 5.35. The minimum absolute atomic E-state index is 0. The monoisotopic (exact) mass is 352 g/mol. The molecule has 1 saturated carbocycles. The first-order valence-electron chi connectivity index (χ1n) is 8.38. The number of hydrogen-bond acceptors (Lipinski definition) is 3. The van der Waals surface area contributed by atoms with Gasteiger partial charge in [0, 0.05) is 18.8 Å². The molecule has 1 aliphatic carbocycles. The van der Waals surface area contributed by atoms with Gasteiger partial charge in [0.05, 0.1) is 12.0 Å². The van der Waals surface area contributed by atoms with E-state index in [1.54, 1.807) is 0 Å². The molecule has 2 fully saturated rings. The molecule has 1 heterocycles. The summed E-state index contributed by atoms with van der Waals surface area (Å²) in [6.45, 7) is 3.56. The fourth-order valence-electron chi connectivity index (χ4n) is 4.14. The van der Waals surface area contributed by atoms with Crippen molar-refractivity contribution >= 4 is 30.0 Å². The Bertz CT molecular complexity index is 622. The van der Waals surface area contributed by atoms with Crippen LogP contribution in [0.2, 0.25) is 0 Å². The second-order valence-electron chi connectivity index (χ2n) is 6.82. The van der Waals surface area contributed by atoms with E-state index in [2.05, 4.69) is 12.2 Å². The van der Waals surface area contributed by atoms with Crippen molar-refractivity contribution in [2.45, 2.75) is 32.6 Å². The number of rotatable bonds is 5.